The summed E-state index contributed by atoms with van der Waals surface area (Å²) in [6.07, 6.45) is 0.653. The number of oxime groups is 1. The average molecular weight is 283 g/mol. The number of hydrogen-bond acceptors (Lipinski definition) is 3. The van der Waals surface area contributed by atoms with E-state index in [4.69, 9.17) is 9.94 Å². The predicted octanol–water partition coefficient (Wildman–Crippen LogP) is 4.47. The van der Waals surface area contributed by atoms with Crippen LogP contribution in [0.4, 0.5) is 0 Å². The van der Waals surface area contributed by atoms with E-state index in [0.717, 1.165) is 16.9 Å². The lowest BCUT2D eigenvalue weighted by Gasteiger charge is -2.12. The molecule has 2 rings (SSSR count). The molecule has 3 nitrogen and oxygen atoms in total. The van der Waals surface area contributed by atoms with E-state index in [2.05, 4.69) is 37.2 Å². The summed E-state index contributed by atoms with van der Waals surface area (Å²) < 4.78 is 5.91. The van der Waals surface area contributed by atoms with Crippen molar-refractivity contribution >= 4 is 5.71 Å². The molecule has 0 saturated carbocycles. The summed E-state index contributed by atoms with van der Waals surface area (Å²) in [6, 6.07) is 14.0. The van der Waals surface area contributed by atoms with E-state index >= 15 is 0 Å². The summed E-state index contributed by atoms with van der Waals surface area (Å²) in [4.78, 5) is 0. The quantitative estimate of drug-likeness (QED) is 0.499. The highest BCUT2D eigenvalue weighted by molar-refractivity contribution is 6.02. The van der Waals surface area contributed by atoms with Crippen LogP contribution in [0.3, 0.4) is 0 Å². The topological polar surface area (TPSA) is 41.8 Å². The molecule has 0 fully saturated rings. The molecule has 2 aromatic carbocycles. The second-order valence-corrected chi connectivity index (χ2v) is 5.10. The number of aryl methyl sites for hydroxylation is 2. The average Bonchev–Trinajstić information content (AvgIpc) is 2.51. The SMILES string of the molecule is CCC(=NO)c1ccccc1OCc1ccc(C)c(C)c1. The summed E-state index contributed by atoms with van der Waals surface area (Å²) in [5.41, 5.74) is 5.14. The molecule has 0 bridgehead atoms. The fourth-order valence-electron chi connectivity index (χ4n) is 2.20. The smallest absolute Gasteiger partial charge is 0.128 e. The van der Waals surface area contributed by atoms with Crippen LogP contribution in [-0.4, -0.2) is 10.9 Å². The standard InChI is InChI=1S/C18H21NO2/c1-4-17(19-20)16-7-5-6-8-18(16)21-12-15-10-9-13(2)14(3)11-15/h5-11,20H,4,12H2,1-3H3. The summed E-state index contributed by atoms with van der Waals surface area (Å²) >= 11 is 0. The molecule has 3 heteroatoms. The van der Waals surface area contributed by atoms with Crippen LogP contribution in [0.25, 0.3) is 0 Å². The summed E-state index contributed by atoms with van der Waals surface area (Å²) in [5.74, 6) is 0.741. The van der Waals surface area contributed by atoms with Crippen molar-refractivity contribution in [1.29, 1.82) is 0 Å². The van der Waals surface area contributed by atoms with Crippen LogP contribution in [0.2, 0.25) is 0 Å². The molecule has 0 aromatic heterocycles. The van der Waals surface area contributed by atoms with Crippen LogP contribution in [-0.2, 0) is 6.61 Å². The zero-order chi connectivity index (χ0) is 15.2. The molecular formula is C18H21NO2. The van der Waals surface area contributed by atoms with Crippen LogP contribution in [0.15, 0.2) is 47.6 Å². The second-order valence-electron chi connectivity index (χ2n) is 5.10. The van der Waals surface area contributed by atoms with Crippen LogP contribution in [0.1, 0.15) is 35.6 Å². The van der Waals surface area contributed by atoms with E-state index in [1.807, 2.05) is 31.2 Å². The predicted molar refractivity (Wildman–Crippen MR) is 85.3 cm³/mol. The highest BCUT2D eigenvalue weighted by Gasteiger charge is 2.09. The Morgan fingerprint density at radius 2 is 1.86 bits per heavy atom. The fourth-order valence-corrected chi connectivity index (χ4v) is 2.20. The molecule has 0 heterocycles. The van der Waals surface area contributed by atoms with Crippen molar-refractivity contribution in [3.63, 3.8) is 0 Å². The molecule has 0 aliphatic heterocycles. The monoisotopic (exact) mass is 283 g/mol. The molecule has 0 aliphatic rings. The van der Waals surface area contributed by atoms with Gasteiger partial charge >= 0.3 is 0 Å². The number of ether oxygens (including phenoxy) is 1. The number of rotatable bonds is 5. The molecule has 0 radical (unpaired) electrons. The van der Waals surface area contributed by atoms with Gasteiger partial charge in [0.05, 0.1) is 5.71 Å². The molecule has 0 saturated heterocycles. The molecule has 110 valence electrons. The zero-order valence-corrected chi connectivity index (χ0v) is 12.8. The maximum Gasteiger partial charge on any atom is 0.128 e. The lowest BCUT2D eigenvalue weighted by molar-refractivity contribution is 0.303. The van der Waals surface area contributed by atoms with Crippen molar-refractivity contribution in [2.24, 2.45) is 5.16 Å². The number of hydrogen-bond donors (Lipinski definition) is 1. The summed E-state index contributed by atoms with van der Waals surface area (Å²) in [6.45, 7) is 6.65. The van der Waals surface area contributed by atoms with Crippen LogP contribution >= 0.6 is 0 Å². The number of nitrogens with zero attached hydrogens (tertiary/aromatic N) is 1. The first-order valence-corrected chi connectivity index (χ1v) is 7.15. The third-order valence-electron chi connectivity index (χ3n) is 3.62. The Kier molecular flexibility index (Phi) is 4.99. The molecular weight excluding hydrogens is 262 g/mol. The van der Waals surface area contributed by atoms with Crippen molar-refractivity contribution in [3.8, 4) is 5.75 Å². The Hall–Kier alpha value is -2.29. The molecule has 1 N–H and O–H groups in total. The zero-order valence-electron chi connectivity index (χ0n) is 12.8. The molecule has 0 spiro atoms. The van der Waals surface area contributed by atoms with Gasteiger partial charge in [0, 0.05) is 5.56 Å². The molecule has 21 heavy (non-hydrogen) atoms. The Morgan fingerprint density at radius 1 is 1.10 bits per heavy atom. The van der Waals surface area contributed by atoms with Crippen LogP contribution in [0, 0.1) is 13.8 Å². The Morgan fingerprint density at radius 3 is 2.52 bits per heavy atom. The first-order valence-electron chi connectivity index (χ1n) is 7.15. The first-order chi connectivity index (χ1) is 10.2. The largest absolute Gasteiger partial charge is 0.488 e. The van der Waals surface area contributed by atoms with Gasteiger partial charge in [-0.2, -0.15) is 0 Å². The fraction of sp³-hybridized carbons (Fsp3) is 0.278. The van der Waals surface area contributed by atoms with Crippen molar-refractivity contribution < 1.29 is 9.94 Å². The number of para-hydroxylation sites is 1. The third-order valence-corrected chi connectivity index (χ3v) is 3.62. The maximum atomic E-state index is 9.09. The number of benzene rings is 2. The van der Waals surface area contributed by atoms with Gasteiger partial charge < -0.3 is 9.94 Å². The summed E-state index contributed by atoms with van der Waals surface area (Å²) in [5, 5.41) is 12.4. The van der Waals surface area contributed by atoms with Crippen LogP contribution in [0.5, 0.6) is 5.75 Å². The summed E-state index contributed by atoms with van der Waals surface area (Å²) in [7, 11) is 0. The van der Waals surface area contributed by atoms with Crippen molar-refractivity contribution in [2.75, 3.05) is 0 Å². The first kappa shape index (κ1) is 15.1. The Labute approximate surface area is 125 Å². The lowest BCUT2D eigenvalue weighted by Crippen LogP contribution is -2.04. The van der Waals surface area contributed by atoms with Crippen molar-refractivity contribution in [1.82, 2.24) is 0 Å². The molecule has 2 aromatic rings. The maximum absolute atomic E-state index is 9.09. The third kappa shape index (κ3) is 3.63. The van der Waals surface area contributed by atoms with E-state index in [1.54, 1.807) is 0 Å². The Balaban J connectivity index is 2.18. The van der Waals surface area contributed by atoms with Gasteiger partial charge in [0.1, 0.15) is 12.4 Å². The molecule has 0 aliphatic carbocycles. The van der Waals surface area contributed by atoms with Crippen molar-refractivity contribution in [2.45, 2.75) is 33.8 Å². The second kappa shape index (κ2) is 6.93. The van der Waals surface area contributed by atoms with Gasteiger partial charge in [-0.25, -0.2) is 0 Å². The minimum atomic E-state index is 0.501. The van der Waals surface area contributed by atoms with Crippen molar-refractivity contribution in [3.05, 3.63) is 64.7 Å². The Bertz CT molecular complexity index is 647. The van der Waals surface area contributed by atoms with Gasteiger partial charge in [0.15, 0.2) is 0 Å². The molecule has 0 atom stereocenters. The van der Waals surface area contributed by atoms with E-state index in [9.17, 15) is 0 Å². The van der Waals surface area contributed by atoms with Gasteiger partial charge in [-0.05, 0) is 49.1 Å². The van der Waals surface area contributed by atoms with Gasteiger partial charge in [-0.1, -0.05) is 42.4 Å². The molecule has 0 unspecified atom stereocenters. The van der Waals surface area contributed by atoms with Crippen LogP contribution < -0.4 is 4.74 Å². The van der Waals surface area contributed by atoms with E-state index < -0.39 is 0 Å². The molecule has 0 amide bonds. The lowest BCUT2D eigenvalue weighted by atomic mass is 10.1. The van der Waals surface area contributed by atoms with Gasteiger partial charge in [-0.15, -0.1) is 0 Å². The normalized spacial score (nSPS) is 11.5. The van der Waals surface area contributed by atoms with E-state index in [-0.39, 0.29) is 0 Å². The minimum Gasteiger partial charge on any atom is -0.488 e. The van der Waals surface area contributed by atoms with Gasteiger partial charge in [-0.3, -0.25) is 0 Å². The van der Waals surface area contributed by atoms with E-state index in [0.29, 0.717) is 18.7 Å². The highest BCUT2D eigenvalue weighted by Crippen LogP contribution is 2.22. The van der Waals surface area contributed by atoms with Gasteiger partial charge in [0.2, 0.25) is 0 Å². The van der Waals surface area contributed by atoms with Gasteiger partial charge in [0.25, 0.3) is 0 Å². The van der Waals surface area contributed by atoms with E-state index in [1.165, 1.54) is 11.1 Å². The minimum absolute atomic E-state index is 0.501. The highest BCUT2D eigenvalue weighted by atomic mass is 16.5.